The van der Waals surface area contributed by atoms with E-state index in [4.69, 9.17) is 9.72 Å². The molecule has 3 heterocycles. The second-order valence-corrected chi connectivity index (χ2v) is 9.15. The quantitative estimate of drug-likeness (QED) is 0.472. The van der Waals surface area contributed by atoms with Gasteiger partial charge in [-0.25, -0.2) is 0 Å². The molecule has 3 aliphatic heterocycles. The number of aromatic nitrogens is 4. The summed E-state index contributed by atoms with van der Waals surface area (Å²) < 4.78 is 7.44. The molecule has 1 saturated heterocycles. The lowest BCUT2D eigenvalue weighted by Crippen LogP contribution is -2.36. The molecule has 1 aromatic rings. The third-order valence-electron chi connectivity index (χ3n) is 6.27. The highest BCUT2D eigenvalue weighted by Crippen LogP contribution is 2.40. The third-order valence-corrected chi connectivity index (χ3v) is 6.27. The number of phenols is 1. The van der Waals surface area contributed by atoms with Crippen molar-refractivity contribution in [2.24, 2.45) is 0 Å². The largest absolute Gasteiger partial charge is 0.504 e. The number of fused-ring (bicyclic) bond motifs is 1. The van der Waals surface area contributed by atoms with Gasteiger partial charge in [0, 0.05) is 24.7 Å². The molecule has 3 N–H and O–H groups in total. The van der Waals surface area contributed by atoms with E-state index in [0.717, 1.165) is 36.7 Å². The summed E-state index contributed by atoms with van der Waals surface area (Å²) in [6.45, 7) is 9.77. The van der Waals surface area contributed by atoms with Crippen LogP contribution in [0.4, 0.5) is 11.8 Å². The molecule has 1 fully saturated rings. The number of anilines is 2. The number of aliphatic hydroxyl groups excluding tert-OH is 1. The smallest absolute Gasteiger partial charge is 0.208 e. The Morgan fingerprint density at radius 3 is 2.67 bits per heavy atom. The second kappa shape index (κ2) is 9.43. The van der Waals surface area contributed by atoms with Crippen molar-refractivity contribution in [1.82, 2.24) is 19.7 Å². The van der Waals surface area contributed by atoms with Gasteiger partial charge in [0.25, 0.3) is 0 Å². The topological polar surface area (TPSA) is 109 Å². The zero-order valence-corrected chi connectivity index (χ0v) is 20.0. The molecule has 1 unspecified atom stereocenters. The molecule has 0 aromatic heterocycles. The molecule has 3 aliphatic rings. The minimum atomic E-state index is 0.0357. The number of benzene rings is 1. The highest BCUT2D eigenvalue weighted by atomic mass is 16.5. The Kier molecular flexibility index (Phi) is 6.60. The summed E-state index contributed by atoms with van der Waals surface area (Å²) >= 11 is 0. The van der Waals surface area contributed by atoms with Crippen molar-refractivity contribution >= 4 is 11.8 Å². The summed E-state index contributed by atoms with van der Waals surface area (Å²) in [4.78, 5) is 7.21. The number of phenolic OH excluding ortho intramolecular Hbond substituents is 1. The number of hydrogen-bond donors (Lipinski definition) is 3. The van der Waals surface area contributed by atoms with E-state index in [2.05, 4.69) is 52.7 Å². The van der Waals surface area contributed by atoms with Crippen molar-refractivity contribution in [2.75, 3.05) is 30.5 Å². The fraction of sp³-hybridized carbons (Fsp3) is 0.542. The highest BCUT2D eigenvalue weighted by Gasteiger charge is 2.33. The molecule has 0 spiro atoms. The molecular weight excluding hydrogens is 420 g/mol. The standard InChI is InChI=1S/C24H34N6O3/c1-14(2)19-21-20(28-27-19)23(25-12-16-8-6-10-18(33-5)22(16)32)26-24(30(21)15(3)4)29-11-7-9-17(29)13-31/h6,8,10,14-15,17,25,31-32H,7,9,11-13H2,1-5H3. The second-order valence-electron chi connectivity index (χ2n) is 9.15. The molecule has 33 heavy (non-hydrogen) atoms. The molecule has 9 nitrogen and oxygen atoms in total. The van der Waals surface area contributed by atoms with Gasteiger partial charge in [-0.2, -0.15) is 10.1 Å². The summed E-state index contributed by atoms with van der Waals surface area (Å²) in [6, 6.07) is 5.58. The molecular formula is C24H34N6O3. The molecule has 0 bridgehead atoms. The zero-order chi connectivity index (χ0) is 23.7. The van der Waals surface area contributed by atoms with E-state index in [1.165, 1.54) is 7.11 Å². The summed E-state index contributed by atoms with van der Waals surface area (Å²) in [7, 11) is 1.53. The zero-order valence-electron chi connectivity index (χ0n) is 20.0. The van der Waals surface area contributed by atoms with Crippen molar-refractivity contribution in [3.8, 4) is 22.9 Å². The number of hydrogen-bond acceptors (Lipinski definition) is 8. The van der Waals surface area contributed by atoms with Gasteiger partial charge >= 0.3 is 0 Å². The van der Waals surface area contributed by atoms with Crippen molar-refractivity contribution < 1.29 is 14.9 Å². The van der Waals surface area contributed by atoms with Gasteiger partial charge in [-0.3, -0.25) is 0 Å². The Morgan fingerprint density at radius 1 is 1.21 bits per heavy atom. The average molecular weight is 455 g/mol. The summed E-state index contributed by atoms with van der Waals surface area (Å²) in [5, 5.41) is 32.9. The van der Waals surface area contributed by atoms with Gasteiger partial charge in [-0.15, -0.1) is 5.10 Å². The van der Waals surface area contributed by atoms with Crippen LogP contribution in [0.2, 0.25) is 0 Å². The van der Waals surface area contributed by atoms with Crippen LogP contribution in [0.25, 0.3) is 11.4 Å². The van der Waals surface area contributed by atoms with Gasteiger partial charge in [0.15, 0.2) is 23.0 Å². The monoisotopic (exact) mass is 454 g/mol. The normalized spacial score (nSPS) is 16.4. The van der Waals surface area contributed by atoms with Crippen LogP contribution in [0.3, 0.4) is 0 Å². The maximum atomic E-state index is 10.5. The first-order valence-corrected chi connectivity index (χ1v) is 11.6. The lowest BCUT2D eigenvalue weighted by atomic mass is 10.1. The van der Waals surface area contributed by atoms with E-state index in [0.29, 0.717) is 29.4 Å². The summed E-state index contributed by atoms with van der Waals surface area (Å²) in [5.74, 6) is 2.15. The molecule has 9 heteroatoms. The van der Waals surface area contributed by atoms with Gasteiger partial charge in [0.1, 0.15) is 0 Å². The van der Waals surface area contributed by atoms with Gasteiger partial charge in [-0.05, 0) is 38.7 Å². The maximum absolute atomic E-state index is 10.5. The Hall–Kier alpha value is -3.07. The van der Waals surface area contributed by atoms with Crippen molar-refractivity contribution in [3.05, 3.63) is 29.5 Å². The number of nitrogens with one attached hydrogen (secondary N) is 1. The first-order valence-electron chi connectivity index (χ1n) is 11.6. The van der Waals surface area contributed by atoms with E-state index < -0.39 is 0 Å². The highest BCUT2D eigenvalue weighted by molar-refractivity contribution is 5.75. The predicted molar refractivity (Wildman–Crippen MR) is 128 cm³/mol. The fourth-order valence-corrected chi connectivity index (χ4v) is 4.57. The Morgan fingerprint density at radius 2 is 2.00 bits per heavy atom. The van der Waals surface area contributed by atoms with Crippen LogP contribution in [0, 0.1) is 0 Å². The van der Waals surface area contributed by atoms with Crippen LogP contribution in [0.1, 0.15) is 63.8 Å². The molecule has 0 amide bonds. The molecule has 0 radical (unpaired) electrons. The van der Waals surface area contributed by atoms with E-state index in [1.54, 1.807) is 6.07 Å². The van der Waals surface area contributed by atoms with E-state index >= 15 is 0 Å². The van der Waals surface area contributed by atoms with Gasteiger partial charge in [0.05, 0.1) is 31.1 Å². The SMILES string of the molecule is COc1cccc(CNc2nc(N3CCCC3CO)n(C(C)C)c3c(C(C)C)nnc2-3)c1O. The number of methoxy groups -OCH3 is 1. The lowest BCUT2D eigenvalue weighted by Gasteiger charge is -2.31. The maximum Gasteiger partial charge on any atom is 0.208 e. The Labute approximate surface area is 194 Å². The van der Waals surface area contributed by atoms with Crippen molar-refractivity contribution in [1.29, 1.82) is 0 Å². The summed E-state index contributed by atoms with van der Waals surface area (Å²) in [5.41, 5.74) is 3.29. The molecule has 4 rings (SSSR count). The van der Waals surface area contributed by atoms with E-state index in [-0.39, 0.29) is 30.4 Å². The minimum absolute atomic E-state index is 0.0357. The van der Waals surface area contributed by atoms with Gasteiger partial charge in [0.2, 0.25) is 5.95 Å². The lowest BCUT2D eigenvalue weighted by molar-refractivity contribution is 0.264. The molecule has 0 aliphatic carbocycles. The van der Waals surface area contributed by atoms with Crippen LogP contribution in [0.15, 0.2) is 18.2 Å². The Balaban J connectivity index is 1.83. The molecule has 0 saturated carbocycles. The van der Waals surface area contributed by atoms with Crippen molar-refractivity contribution in [2.45, 2.75) is 65.1 Å². The van der Waals surface area contributed by atoms with Crippen LogP contribution < -0.4 is 15.0 Å². The predicted octanol–water partition coefficient (Wildman–Crippen LogP) is 3.77. The van der Waals surface area contributed by atoms with E-state index in [1.807, 2.05) is 12.1 Å². The molecule has 1 atom stereocenters. The third kappa shape index (κ3) is 4.17. The number of ether oxygens (including phenoxy) is 1. The van der Waals surface area contributed by atoms with Gasteiger partial charge in [-0.1, -0.05) is 26.0 Å². The number of nitrogens with zero attached hydrogens (tertiary/aromatic N) is 5. The van der Waals surface area contributed by atoms with E-state index in [9.17, 15) is 10.2 Å². The number of rotatable bonds is 8. The summed E-state index contributed by atoms with van der Waals surface area (Å²) in [6.07, 6.45) is 1.95. The van der Waals surface area contributed by atoms with Crippen LogP contribution in [0.5, 0.6) is 11.5 Å². The minimum Gasteiger partial charge on any atom is -0.504 e. The number of aromatic hydroxyl groups is 1. The number of para-hydroxylation sites is 1. The first kappa shape index (κ1) is 23.1. The van der Waals surface area contributed by atoms with Crippen LogP contribution in [-0.2, 0) is 6.54 Å². The first-order chi connectivity index (χ1) is 15.9. The van der Waals surface area contributed by atoms with Crippen LogP contribution in [-0.4, -0.2) is 56.3 Å². The van der Waals surface area contributed by atoms with Crippen molar-refractivity contribution in [3.63, 3.8) is 0 Å². The number of aliphatic hydroxyl groups is 1. The average Bonchev–Trinajstić information content (AvgIpc) is 3.44. The van der Waals surface area contributed by atoms with Gasteiger partial charge < -0.3 is 29.7 Å². The van der Waals surface area contributed by atoms with Crippen LogP contribution >= 0.6 is 0 Å². The fourth-order valence-electron chi connectivity index (χ4n) is 4.57. The molecule has 178 valence electrons. The Bertz CT molecular complexity index is 1080. The molecule has 1 aromatic carbocycles.